The number of urea groups is 1. The molecule has 0 aromatic carbocycles. The van der Waals surface area contributed by atoms with E-state index >= 15 is 0 Å². The first-order chi connectivity index (χ1) is 15.5. The van der Waals surface area contributed by atoms with Crippen LogP contribution in [-0.4, -0.2) is 61.6 Å². The van der Waals surface area contributed by atoms with E-state index in [-0.39, 0.29) is 31.2 Å². The lowest BCUT2D eigenvalue weighted by Gasteiger charge is -2.37. The highest BCUT2D eigenvalue weighted by atomic mass is 16.5. The van der Waals surface area contributed by atoms with Gasteiger partial charge >= 0.3 is 17.6 Å². The van der Waals surface area contributed by atoms with Crippen molar-refractivity contribution in [2.24, 2.45) is 11.1 Å². The van der Waals surface area contributed by atoms with Crippen molar-refractivity contribution in [3.05, 3.63) is 26.4 Å². The highest BCUT2D eigenvalue weighted by Crippen LogP contribution is 2.40. The summed E-state index contributed by atoms with van der Waals surface area (Å²) in [5.74, 6) is -1.54. The van der Waals surface area contributed by atoms with E-state index in [9.17, 15) is 24.3 Å². The molecule has 33 heavy (non-hydrogen) atoms. The van der Waals surface area contributed by atoms with Gasteiger partial charge in [-0.25, -0.2) is 9.59 Å². The Kier molecular flexibility index (Phi) is 5.51. The van der Waals surface area contributed by atoms with Gasteiger partial charge in [0.2, 0.25) is 5.88 Å². The van der Waals surface area contributed by atoms with Gasteiger partial charge in [-0.15, -0.1) is 0 Å². The standard InChI is InChI=1S/C21H28N6O6/c1-3-8-25-15(28)13(14(22)23)16(29)27(19(25)32)12-4-6-20(2,7-5-12)9-26-18(31)24-17(30)21(26)10-33-11-21/h9,12H,3-8,10-11H2,1-2H3,(H4-,22,23,24,28,29,30,31)/p+1/b26-9-. The number of carbonyl (C=O) groups is 2. The minimum Gasteiger partial charge on any atom is -0.494 e. The third-order valence-electron chi connectivity index (χ3n) is 6.97. The van der Waals surface area contributed by atoms with Gasteiger partial charge in [-0.05, 0) is 32.1 Å². The molecule has 1 aromatic rings. The molecule has 0 atom stereocenters. The van der Waals surface area contributed by atoms with Gasteiger partial charge in [-0.3, -0.25) is 19.3 Å². The number of hydrogen-bond donors (Lipinski definition) is 4. The number of nitrogens with zero attached hydrogens (tertiary/aromatic N) is 3. The number of amides is 3. The zero-order valence-electron chi connectivity index (χ0n) is 18.7. The SMILES string of the molecule is CCCn1c(O)c(C(=N)N)c(=O)n(C2CCC(C)(/C=[N+]3/C(=O)NC(=O)C34COC4)CC2)c1=O. The van der Waals surface area contributed by atoms with Gasteiger partial charge < -0.3 is 15.6 Å². The van der Waals surface area contributed by atoms with E-state index < -0.39 is 46.0 Å². The van der Waals surface area contributed by atoms with E-state index in [0.717, 1.165) is 9.13 Å². The molecule has 2 aliphatic heterocycles. The second-order valence-electron chi connectivity index (χ2n) is 9.39. The maximum absolute atomic E-state index is 13.1. The number of ether oxygens (including phenoxy) is 1. The summed E-state index contributed by atoms with van der Waals surface area (Å²) in [5, 5.41) is 20.4. The van der Waals surface area contributed by atoms with E-state index in [1.54, 1.807) is 6.21 Å². The normalized spacial score (nSPS) is 27.6. The molecule has 12 nitrogen and oxygen atoms in total. The van der Waals surface area contributed by atoms with Gasteiger partial charge in [0.05, 0.1) is 6.21 Å². The molecule has 2 saturated heterocycles. The van der Waals surface area contributed by atoms with Gasteiger partial charge in [0.15, 0.2) is 0 Å². The van der Waals surface area contributed by atoms with E-state index in [0.29, 0.717) is 32.1 Å². The predicted molar refractivity (Wildman–Crippen MR) is 117 cm³/mol. The number of aromatic nitrogens is 2. The Morgan fingerprint density at radius 2 is 1.94 bits per heavy atom. The summed E-state index contributed by atoms with van der Waals surface area (Å²) < 4.78 is 8.82. The largest absolute Gasteiger partial charge is 0.499 e. The molecular weight excluding hydrogens is 432 g/mol. The van der Waals surface area contributed by atoms with E-state index in [4.69, 9.17) is 15.9 Å². The maximum Gasteiger partial charge on any atom is 0.499 e. The Labute approximate surface area is 189 Å². The number of nitrogen functional groups attached to an aromatic ring is 1. The fourth-order valence-corrected chi connectivity index (χ4v) is 4.93. The lowest BCUT2D eigenvalue weighted by Crippen LogP contribution is -2.61. The van der Waals surface area contributed by atoms with Crippen LogP contribution in [0.1, 0.15) is 57.6 Å². The smallest absolute Gasteiger partial charge is 0.494 e. The van der Waals surface area contributed by atoms with Gasteiger partial charge in [-0.2, -0.15) is 14.7 Å². The second-order valence-corrected chi connectivity index (χ2v) is 9.39. The van der Waals surface area contributed by atoms with Crippen molar-refractivity contribution in [1.82, 2.24) is 14.5 Å². The summed E-state index contributed by atoms with van der Waals surface area (Å²) in [4.78, 5) is 50.7. The van der Waals surface area contributed by atoms with Crippen molar-refractivity contribution in [3.63, 3.8) is 0 Å². The Hall–Kier alpha value is -3.28. The van der Waals surface area contributed by atoms with Gasteiger partial charge in [0, 0.05) is 18.0 Å². The molecule has 3 amide bonds. The third kappa shape index (κ3) is 3.48. The van der Waals surface area contributed by atoms with Crippen molar-refractivity contribution in [3.8, 4) is 5.88 Å². The van der Waals surface area contributed by atoms with Gasteiger partial charge in [-0.1, -0.05) is 13.8 Å². The first-order valence-corrected chi connectivity index (χ1v) is 11.1. The molecule has 4 rings (SSSR count). The number of amidine groups is 1. The molecule has 5 N–H and O–H groups in total. The minimum absolute atomic E-state index is 0.146. The summed E-state index contributed by atoms with van der Waals surface area (Å²) in [7, 11) is 0. The molecule has 1 aliphatic carbocycles. The van der Waals surface area contributed by atoms with Crippen LogP contribution in [0.15, 0.2) is 9.59 Å². The van der Waals surface area contributed by atoms with Crippen LogP contribution in [0.3, 0.4) is 0 Å². The van der Waals surface area contributed by atoms with E-state index in [2.05, 4.69) is 5.32 Å². The first-order valence-electron chi connectivity index (χ1n) is 11.1. The Balaban J connectivity index is 1.65. The quantitative estimate of drug-likeness (QED) is 0.200. The van der Waals surface area contributed by atoms with Crippen LogP contribution >= 0.6 is 0 Å². The van der Waals surface area contributed by atoms with Crippen LogP contribution in [-0.2, 0) is 16.1 Å². The lowest BCUT2D eigenvalue weighted by molar-refractivity contribution is -0.528. The Morgan fingerprint density at radius 3 is 2.45 bits per heavy atom. The van der Waals surface area contributed by atoms with Crippen LogP contribution in [0.4, 0.5) is 4.79 Å². The van der Waals surface area contributed by atoms with E-state index in [1.807, 2.05) is 13.8 Å². The molecule has 3 aliphatic rings. The topological polar surface area (TPSA) is 173 Å². The minimum atomic E-state index is -0.991. The predicted octanol–water partition coefficient (Wildman–Crippen LogP) is -0.367. The van der Waals surface area contributed by atoms with Crippen molar-refractivity contribution in [1.29, 1.82) is 5.41 Å². The number of hydrogen-bond acceptors (Lipinski definition) is 7. The first kappa shape index (κ1) is 22.9. The maximum atomic E-state index is 13.1. The summed E-state index contributed by atoms with van der Waals surface area (Å²) >= 11 is 0. The second kappa shape index (κ2) is 7.94. The number of nitrogens with two attached hydrogens (primary N) is 1. The van der Waals surface area contributed by atoms with Crippen LogP contribution < -0.4 is 22.3 Å². The van der Waals surface area contributed by atoms with Crippen molar-refractivity contribution in [2.75, 3.05) is 13.2 Å². The molecule has 0 radical (unpaired) electrons. The number of carbonyl (C=O) groups excluding carboxylic acids is 2. The molecular formula is C21H29N6O6+. The third-order valence-corrected chi connectivity index (χ3v) is 6.97. The van der Waals surface area contributed by atoms with Gasteiger partial charge in [0.1, 0.15) is 24.6 Å². The lowest BCUT2D eigenvalue weighted by atomic mass is 9.74. The van der Waals surface area contributed by atoms with Crippen LogP contribution in [0.25, 0.3) is 0 Å². The van der Waals surface area contributed by atoms with Crippen LogP contribution in [0.2, 0.25) is 0 Å². The van der Waals surface area contributed by atoms with Crippen molar-refractivity contribution in [2.45, 2.75) is 64.1 Å². The summed E-state index contributed by atoms with van der Waals surface area (Å²) in [6, 6.07) is -0.918. The number of imide groups is 1. The molecule has 3 fully saturated rings. The number of nitrogens with one attached hydrogen (secondary N) is 2. The Bertz CT molecular complexity index is 1180. The summed E-state index contributed by atoms with van der Waals surface area (Å²) in [6.45, 7) is 4.28. The zero-order valence-corrected chi connectivity index (χ0v) is 18.7. The fraction of sp³-hybridized carbons (Fsp3) is 0.619. The molecule has 0 bridgehead atoms. The average molecular weight is 461 g/mol. The average Bonchev–Trinajstić information content (AvgIpc) is 2.95. The zero-order chi connectivity index (χ0) is 24.1. The monoisotopic (exact) mass is 461 g/mol. The van der Waals surface area contributed by atoms with Crippen molar-refractivity contribution < 1.29 is 24.0 Å². The van der Waals surface area contributed by atoms with Crippen LogP contribution in [0, 0.1) is 10.8 Å². The highest BCUT2D eigenvalue weighted by molar-refractivity contribution is 6.03. The molecule has 3 heterocycles. The fourth-order valence-electron chi connectivity index (χ4n) is 4.93. The molecule has 1 aromatic heterocycles. The summed E-state index contributed by atoms with van der Waals surface area (Å²) in [6.07, 6.45) is 4.36. The molecule has 1 spiro atoms. The molecule has 12 heteroatoms. The summed E-state index contributed by atoms with van der Waals surface area (Å²) in [5.41, 5.74) is 2.34. The number of rotatable bonds is 5. The van der Waals surface area contributed by atoms with E-state index in [1.165, 1.54) is 4.58 Å². The molecule has 178 valence electrons. The van der Waals surface area contributed by atoms with Crippen molar-refractivity contribution >= 4 is 24.0 Å². The molecule has 1 saturated carbocycles. The number of aromatic hydroxyl groups is 1. The molecule has 0 unspecified atom stereocenters. The van der Waals surface area contributed by atoms with Gasteiger partial charge in [0.25, 0.3) is 11.1 Å². The van der Waals surface area contributed by atoms with Crippen LogP contribution in [0.5, 0.6) is 5.88 Å². The highest BCUT2D eigenvalue weighted by Gasteiger charge is 2.64. The Morgan fingerprint density at radius 1 is 1.30 bits per heavy atom.